The average molecular weight is 339 g/mol. The van der Waals surface area contributed by atoms with Crippen molar-refractivity contribution in [3.05, 3.63) is 47.7 Å². The van der Waals surface area contributed by atoms with E-state index in [1.807, 2.05) is 12.1 Å². The summed E-state index contributed by atoms with van der Waals surface area (Å²) in [7, 11) is 4.28. The van der Waals surface area contributed by atoms with E-state index >= 15 is 0 Å². The smallest absolute Gasteiger partial charge is 0.252 e. The molecule has 1 aromatic carbocycles. The lowest BCUT2D eigenvalue weighted by atomic mass is 10.0. The van der Waals surface area contributed by atoms with Crippen molar-refractivity contribution in [3.63, 3.8) is 0 Å². The standard InChI is InChI=1S/C19H25N5O/c1-23(2)16-6-7-24(12-16)11-13-4-3-5-14(8-13)15-9-17(19(21)25)18(20)22-10-15/h3-5,8-10,16H,6-7,11-12H2,1-2H3,(H2,20,22)(H2,21,25). The number of primary amides is 1. The van der Waals surface area contributed by atoms with Gasteiger partial charge in [-0.15, -0.1) is 0 Å². The molecule has 0 bridgehead atoms. The van der Waals surface area contributed by atoms with Crippen molar-refractivity contribution in [1.29, 1.82) is 0 Å². The first-order valence-electron chi connectivity index (χ1n) is 8.47. The van der Waals surface area contributed by atoms with Crippen molar-refractivity contribution >= 4 is 11.7 Å². The number of aromatic nitrogens is 1. The van der Waals surface area contributed by atoms with Crippen molar-refractivity contribution in [2.45, 2.75) is 19.0 Å². The Kier molecular flexibility index (Phi) is 5.01. The van der Waals surface area contributed by atoms with Crippen LogP contribution < -0.4 is 11.5 Å². The molecule has 1 fully saturated rings. The van der Waals surface area contributed by atoms with Crippen molar-refractivity contribution in [3.8, 4) is 11.1 Å². The van der Waals surface area contributed by atoms with Crippen LogP contribution in [0.2, 0.25) is 0 Å². The molecule has 2 heterocycles. The number of nitrogens with two attached hydrogens (primary N) is 2. The molecule has 2 aromatic rings. The molecule has 1 unspecified atom stereocenters. The molecule has 3 rings (SSSR count). The normalized spacial score (nSPS) is 18.0. The minimum absolute atomic E-state index is 0.166. The molecule has 6 nitrogen and oxygen atoms in total. The fourth-order valence-corrected chi connectivity index (χ4v) is 3.32. The number of likely N-dealkylation sites (N-methyl/N-ethyl adjacent to an activating group) is 1. The zero-order valence-corrected chi connectivity index (χ0v) is 14.8. The number of benzene rings is 1. The fraction of sp³-hybridized carbons (Fsp3) is 0.368. The molecule has 0 radical (unpaired) electrons. The van der Waals surface area contributed by atoms with Gasteiger partial charge in [-0.2, -0.15) is 0 Å². The SMILES string of the molecule is CN(C)C1CCN(Cc2cccc(-c3cnc(N)c(C(N)=O)c3)c2)C1. The van der Waals surface area contributed by atoms with Crippen LogP contribution in [0.4, 0.5) is 5.82 Å². The lowest BCUT2D eigenvalue weighted by Gasteiger charge is -2.20. The van der Waals surface area contributed by atoms with Gasteiger partial charge in [0.15, 0.2) is 0 Å². The second-order valence-electron chi connectivity index (χ2n) is 6.86. The molecule has 0 aliphatic carbocycles. The molecule has 25 heavy (non-hydrogen) atoms. The monoisotopic (exact) mass is 339 g/mol. The van der Waals surface area contributed by atoms with E-state index in [1.165, 1.54) is 12.0 Å². The van der Waals surface area contributed by atoms with E-state index in [0.717, 1.165) is 30.8 Å². The topological polar surface area (TPSA) is 88.5 Å². The van der Waals surface area contributed by atoms with Crippen molar-refractivity contribution < 1.29 is 4.79 Å². The van der Waals surface area contributed by atoms with E-state index < -0.39 is 5.91 Å². The number of nitrogens with zero attached hydrogens (tertiary/aromatic N) is 3. The van der Waals surface area contributed by atoms with Gasteiger partial charge in [0.25, 0.3) is 5.91 Å². The van der Waals surface area contributed by atoms with Crippen LogP contribution >= 0.6 is 0 Å². The van der Waals surface area contributed by atoms with E-state index in [-0.39, 0.29) is 11.4 Å². The number of carbonyl (C=O) groups excluding carboxylic acids is 1. The summed E-state index contributed by atoms with van der Waals surface area (Å²) >= 11 is 0. The Morgan fingerprint density at radius 3 is 2.80 bits per heavy atom. The van der Waals surface area contributed by atoms with Gasteiger partial charge in [-0.05, 0) is 43.8 Å². The number of hydrogen-bond donors (Lipinski definition) is 2. The fourth-order valence-electron chi connectivity index (χ4n) is 3.32. The van der Waals surface area contributed by atoms with E-state index in [1.54, 1.807) is 12.3 Å². The van der Waals surface area contributed by atoms with Crippen molar-refractivity contribution in [2.75, 3.05) is 32.9 Å². The Balaban J connectivity index is 1.78. The number of hydrogen-bond acceptors (Lipinski definition) is 5. The Morgan fingerprint density at radius 1 is 1.32 bits per heavy atom. The molecule has 1 atom stereocenters. The Morgan fingerprint density at radius 2 is 2.12 bits per heavy atom. The second kappa shape index (κ2) is 7.21. The van der Waals surface area contributed by atoms with Crippen LogP contribution in [-0.2, 0) is 6.54 Å². The quantitative estimate of drug-likeness (QED) is 0.863. The number of likely N-dealkylation sites (tertiary alicyclic amines) is 1. The van der Waals surface area contributed by atoms with Crippen molar-refractivity contribution in [1.82, 2.24) is 14.8 Å². The van der Waals surface area contributed by atoms with E-state index in [4.69, 9.17) is 11.5 Å². The zero-order valence-electron chi connectivity index (χ0n) is 14.8. The maximum absolute atomic E-state index is 11.5. The van der Waals surface area contributed by atoms with Crippen LogP contribution in [0.25, 0.3) is 11.1 Å². The lowest BCUT2D eigenvalue weighted by Crippen LogP contribution is -2.31. The van der Waals surface area contributed by atoms with E-state index in [2.05, 4.69) is 41.0 Å². The maximum atomic E-state index is 11.5. The average Bonchev–Trinajstić information content (AvgIpc) is 3.04. The second-order valence-corrected chi connectivity index (χ2v) is 6.86. The Hall–Kier alpha value is -2.44. The highest BCUT2D eigenvalue weighted by Crippen LogP contribution is 2.24. The molecule has 1 saturated heterocycles. The summed E-state index contributed by atoms with van der Waals surface area (Å²) in [6.07, 6.45) is 2.88. The Labute approximate surface area is 148 Å². The van der Waals surface area contributed by atoms with Gasteiger partial charge in [0.2, 0.25) is 0 Å². The van der Waals surface area contributed by atoms with Crippen LogP contribution in [0.15, 0.2) is 36.5 Å². The van der Waals surface area contributed by atoms with Gasteiger partial charge in [0.1, 0.15) is 5.82 Å². The minimum atomic E-state index is -0.560. The van der Waals surface area contributed by atoms with Crippen LogP contribution in [0.1, 0.15) is 22.3 Å². The van der Waals surface area contributed by atoms with Gasteiger partial charge in [0, 0.05) is 37.4 Å². The molecule has 4 N–H and O–H groups in total. The first-order chi connectivity index (χ1) is 11.9. The summed E-state index contributed by atoms with van der Waals surface area (Å²) in [5.74, 6) is -0.394. The van der Waals surface area contributed by atoms with Gasteiger partial charge in [-0.1, -0.05) is 18.2 Å². The number of anilines is 1. The summed E-state index contributed by atoms with van der Waals surface area (Å²) in [5, 5.41) is 0. The summed E-state index contributed by atoms with van der Waals surface area (Å²) in [6, 6.07) is 10.6. The van der Waals surface area contributed by atoms with Gasteiger partial charge >= 0.3 is 0 Å². The number of amides is 1. The van der Waals surface area contributed by atoms with Crippen LogP contribution in [0.5, 0.6) is 0 Å². The molecule has 1 aliphatic rings. The number of carbonyl (C=O) groups is 1. The van der Waals surface area contributed by atoms with Gasteiger partial charge in [-0.3, -0.25) is 9.69 Å². The summed E-state index contributed by atoms with van der Waals surface area (Å²) in [4.78, 5) is 20.3. The highest BCUT2D eigenvalue weighted by Gasteiger charge is 2.23. The molecule has 1 amide bonds. The van der Waals surface area contributed by atoms with Crippen LogP contribution in [0.3, 0.4) is 0 Å². The highest BCUT2D eigenvalue weighted by atomic mass is 16.1. The van der Waals surface area contributed by atoms with Crippen LogP contribution in [-0.4, -0.2) is 53.9 Å². The third kappa shape index (κ3) is 3.97. The molecule has 0 spiro atoms. The molecular weight excluding hydrogens is 314 g/mol. The number of pyridine rings is 1. The molecule has 1 aromatic heterocycles. The van der Waals surface area contributed by atoms with E-state index in [9.17, 15) is 4.79 Å². The largest absolute Gasteiger partial charge is 0.383 e. The first-order valence-corrected chi connectivity index (χ1v) is 8.47. The van der Waals surface area contributed by atoms with Gasteiger partial charge in [-0.25, -0.2) is 4.98 Å². The summed E-state index contributed by atoms with van der Waals surface area (Å²) in [6.45, 7) is 3.12. The molecule has 132 valence electrons. The zero-order chi connectivity index (χ0) is 18.0. The van der Waals surface area contributed by atoms with Crippen molar-refractivity contribution in [2.24, 2.45) is 5.73 Å². The first kappa shape index (κ1) is 17.4. The highest BCUT2D eigenvalue weighted by molar-refractivity contribution is 5.98. The lowest BCUT2D eigenvalue weighted by molar-refractivity contribution is 0.100. The van der Waals surface area contributed by atoms with E-state index in [0.29, 0.717) is 6.04 Å². The third-order valence-corrected chi connectivity index (χ3v) is 4.83. The van der Waals surface area contributed by atoms with Gasteiger partial charge in [0.05, 0.1) is 5.56 Å². The molecular formula is C19H25N5O. The number of nitrogen functional groups attached to an aromatic ring is 1. The molecule has 6 heteroatoms. The third-order valence-electron chi connectivity index (χ3n) is 4.83. The number of rotatable bonds is 5. The van der Waals surface area contributed by atoms with Crippen LogP contribution in [0, 0.1) is 0 Å². The molecule has 1 aliphatic heterocycles. The minimum Gasteiger partial charge on any atom is -0.383 e. The predicted molar refractivity (Wildman–Crippen MR) is 100.0 cm³/mol. The summed E-state index contributed by atoms with van der Waals surface area (Å²) in [5.41, 5.74) is 14.5. The Bertz CT molecular complexity index is 774. The molecule has 0 saturated carbocycles. The predicted octanol–water partition coefficient (Wildman–Crippen LogP) is 1.57. The van der Waals surface area contributed by atoms with Gasteiger partial charge < -0.3 is 16.4 Å². The maximum Gasteiger partial charge on any atom is 0.252 e. The summed E-state index contributed by atoms with van der Waals surface area (Å²) < 4.78 is 0.